The number of carbonyl (C=O) groups is 1. The van der Waals surface area contributed by atoms with Crippen LogP contribution in [0.3, 0.4) is 0 Å². The van der Waals surface area contributed by atoms with Crippen molar-refractivity contribution in [3.8, 4) is 22.9 Å². The molecule has 0 radical (unpaired) electrons. The Hall–Kier alpha value is -3.08. The molecule has 2 aromatic carbocycles. The third-order valence-electron chi connectivity index (χ3n) is 6.47. The third kappa shape index (κ3) is 3.14. The van der Waals surface area contributed by atoms with Gasteiger partial charge in [0.1, 0.15) is 11.4 Å². The molecule has 32 heavy (non-hydrogen) atoms. The summed E-state index contributed by atoms with van der Waals surface area (Å²) in [5.74, 6) is 1.06. The molecule has 8 heteroatoms. The van der Waals surface area contributed by atoms with Gasteiger partial charge in [-0.05, 0) is 54.3 Å². The molecule has 7 nitrogen and oxygen atoms in total. The lowest BCUT2D eigenvalue weighted by Gasteiger charge is -2.46. The summed E-state index contributed by atoms with van der Waals surface area (Å²) < 4.78 is 12.3. The molecule has 2 atom stereocenters. The van der Waals surface area contributed by atoms with E-state index < -0.39 is 11.1 Å². The van der Waals surface area contributed by atoms with Crippen molar-refractivity contribution in [3.63, 3.8) is 0 Å². The number of likely N-dealkylation sites (N-methyl/N-ethyl adjacent to an activating group) is 1. The number of nitrogens with one attached hydrogen (secondary N) is 1. The monoisotopic (exact) mass is 450 g/mol. The van der Waals surface area contributed by atoms with Gasteiger partial charge in [-0.3, -0.25) is 9.69 Å². The van der Waals surface area contributed by atoms with Crippen LogP contribution in [0, 0.1) is 11.3 Å². The van der Waals surface area contributed by atoms with Crippen molar-refractivity contribution in [2.45, 2.75) is 30.4 Å². The molecule has 3 aliphatic rings. The Labute approximate surface area is 191 Å². The maximum atomic E-state index is 13.7. The Bertz CT molecular complexity index is 1180. The van der Waals surface area contributed by atoms with Crippen molar-refractivity contribution in [2.75, 3.05) is 27.3 Å². The Kier molecular flexibility index (Phi) is 4.88. The van der Waals surface area contributed by atoms with Crippen molar-refractivity contribution < 1.29 is 14.3 Å². The number of carbonyl (C=O) groups excluding carboxylic acids is 1. The maximum absolute atomic E-state index is 13.7. The summed E-state index contributed by atoms with van der Waals surface area (Å²) in [5.41, 5.74) is 1.12. The average Bonchev–Trinajstić information content (AvgIpc) is 3.04. The first-order valence-corrected chi connectivity index (χ1v) is 11.0. The fourth-order valence-electron chi connectivity index (χ4n) is 5.01. The van der Waals surface area contributed by atoms with Crippen LogP contribution in [-0.4, -0.2) is 49.7 Å². The number of fused-ring (bicyclic) bond motifs is 2. The van der Waals surface area contributed by atoms with Crippen molar-refractivity contribution in [1.29, 1.82) is 5.26 Å². The van der Waals surface area contributed by atoms with Crippen LogP contribution in [0.5, 0.6) is 5.75 Å². The van der Waals surface area contributed by atoms with Crippen molar-refractivity contribution in [3.05, 3.63) is 52.5 Å². The minimum absolute atomic E-state index is 0.0997. The number of hydrogen-bond acceptors (Lipinski definition) is 6. The van der Waals surface area contributed by atoms with Crippen LogP contribution in [0.25, 0.3) is 11.1 Å². The van der Waals surface area contributed by atoms with Gasteiger partial charge in [-0.25, -0.2) is 4.99 Å². The van der Waals surface area contributed by atoms with E-state index >= 15 is 0 Å². The quantitative estimate of drug-likeness (QED) is 0.719. The summed E-state index contributed by atoms with van der Waals surface area (Å²) in [7, 11) is 3.48. The molecule has 0 aliphatic carbocycles. The molecule has 0 aromatic heterocycles. The molecule has 2 aromatic rings. The highest BCUT2D eigenvalue weighted by Crippen LogP contribution is 2.52. The van der Waals surface area contributed by atoms with Gasteiger partial charge in [0.05, 0.1) is 18.2 Å². The molecule has 0 saturated carbocycles. The summed E-state index contributed by atoms with van der Waals surface area (Å²) in [6, 6.07) is 13.1. The standard InChI is InChI=1S/C24H23ClN4O3/c1-27-22-28-24(21(30)29(22)2)13-23(6-3-7-31-14-23)32-20-5-4-16(11-19(20)24)17-8-15(12-26)9-18(25)10-17/h4-5,8-11H,3,6-7,13-14H2,1-2H3,(H,27,28). The summed E-state index contributed by atoms with van der Waals surface area (Å²) in [5, 5.41) is 12.9. The van der Waals surface area contributed by atoms with E-state index in [9.17, 15) is 10.1 Å². The summed E-state index contributed by atoms with van der Waals surface area (Å²) in [4.78, 5) is 20.1. The zero-order chi connectivity index (χ0) is 22.5. The molecule has 1 fully saturated rings. The number of rotatable bonds is 1. The van der Waals surface area contributed by atoms with E-state index in [0.29, 0.717) is 47.5 Å². The highest BCUT2D eigenvalue weighted by molar-refractivity contribution is 6.31. The lowest BCUT2D eigenvalue weighted by atomic mass is 9.74. The lowest BCUT2D eigenvalue weighted by Crippen LogP contribution is -2.55. The summed E-state index contributed by atoms with van der Waals surface area (Å²) in [6.07, 6.45) is 2.08. The molecule has 3 aliphatic heterocycles. The number of guanidine groups is 1. The van der Waals surface area contributed by atoms with E-state index in [1.165, 1.54) is 0 Å². The molecule has 1 N–H and O–H groups in total. The molecular formula is C24H23ClN4O3. The Morgan fingerprint density at radius 3 is 2.78 bits per heavy atom. The van der Waals surface area contributed by atoms with Gasteiger partial charge in [-0.1, -0.05) is 17.7 Å². The highest BCUT2D eigenvalue weighted by atomic mass is 35.5. The Morgan fingerprint density at radius 1 is 1.25 bits per heavy atom. The van der Waals surface area contributed by atoms with Crippen LogP contribution in [0.1, 0.15) is 30.4 Å². The zero-order valence-corrected chi connectivity index (χ0v) is 18.7. The smallest absolute Gasteiger partial charge is 0.261 e. The normalized spacial score (nSPS) is 26.5. The number of aliphatic imine (C=N–C) groups is 1. The second-order valence-corrected chi connectivity index (χ2v) is 9.02. The van der Waals surface area contributed by atoms with Crippen LogP contribution in [-0.2, 0) is 15.1 Å². The van der Waals surface area contributed by atoms with Crippen LogP contribution in [0.4, 0.5) is 0 Å². The number of ether oxygens (including phenoxy) is 2. The van der Waals surface area contributed by atoms with Gasteiger partial charge in [0.2, 0.25) is 5.96 Å². The number of nitriles is 1. The molecule has 1 saturated heterocycles. The average molecular weight is 451 g/mol. The van der Waals surface area contributed by atoms with Crippen molar-refractivity contribution in [2.24, 2.45) is 4.99 Å². The van der Waals surface area contributed by atoms with Crippen LogP contribution >= 0.6 is 11.6 Å². The molecule has 3 heterocycles. The third-order valence-corrected chi connectivity index (χ3v) is 6.69. The fourth-order valence-corrected chi connectivity index (χ4v) is 5.25. The number of halogens is 1. The molecule has 164 valence electrons. The van der Waals surface area contributed by atoms with Gasteiger partial charge in [-0.15, -0.1) is 0 Å². The van der Waals surface area contributed by atoms with E-state index in [-0.39, 0.29) is 5.91 Å². The van der Waals surface area contributed by atoms with Gasteiger partial charge in [-0.2, -0.15) is 5.26 Å². The molecule has 0 bridgehead atoms. The summed E-state index contributed by atoms with van der Waals surface area (Å²) >= 11 is 6.24. The van der Waals surface area contributed by atoms with E-state index in [1.54, 1.807) is 31.1 Å². The predicted octanol–water partition coefficient (Wildman–Crippen LogP) is 3.45. The van der Waals surface area contributed by atoms with Gasteiger partial charge in [0.15, 0.2) is 5.54 Å². The van der Waals surface area contributed by atoms with E-state index in [2.05, 4.69) is 11.4 Å². The second-order valence-electron chi connectivity index (χ2n) is 8.58. The molecule has 2 spiro atoms. The number of benzene rings is 2. The topological polar surface area (TPSA) is 87.0 Å². The Morgan fingerprint density at radius 2 is 2.09 bits per heavy atom. The predicted molar refractivity (Wildman–Crippen MR) is 121 cm³/mol. The number of nitrogens with zero attached hydrogens (tertiary/aromatic N) is 3. The number of amides is 1. The maximum Gasteiger partial charge on any atom is 0.261 e. The second kappa shape index (κ2) is 7.51. The SMILES string of the molecule is CNC1=NC2(CC3(CCCOC3)Oc3ccc(-c4cc(Cl)cc(C#N)c4)cc32)C(=O)N1C. The van der Waals surface area contributed by atoms with E-state index in [0.717, 1.165) is 24.0 Å². The largest absolute Gasteiger partial charge is 0.484 e. The molecule has 5 rings (SSSR count). The van der Waals surface area contributed by atoms with Gasteiger partial charge < -0.3 is 14.8 Å². The Balaban J connectivity index is 1.69. The van der Waals surface area contributed by atoms with E-state index in [4.69, 9.17) is 26.1 Å². The first kappa shape index (κ1) is 20.8. The molecular weight excluding hydrogens is 428 g/mol. The van der Waals surface area contributed by atoms with Gasteiger partial charge in [0.25, 0.3) is 5.91 Å². The first-order valence-electron chi connectivity index (χ1n) is 10.6. The molecule has 1 amide bonds. The zero-order valence-electron chi connectivity index (χ0n) is 17.9. The number of hydrogen-bond donors (Lipinski definition) is 1. The molecule has 2 unspecified atom stereocenters. The highest BCUT2D eigenvalue weighted by Gasteiger charge is 2.58. The van der Waals surface area contributed by atoms with E-state index in [1.807, 2.05) is 24.3 Å². The minimum Gasteiger partial charge on any atom is -0.484 e. The fraction of sp³-hybridized carbons (Fsp3) is 0.375. The lowest BCUT2D eigenvalue weighted by molar-refractivity contribution is -0.139. The van der Waals surface area contributed by atoms with Gasteiger partial charge >= 0.3 is 0 Å². The van der Waals surface area contributed by atoms with Crippen LogP contribution < -0.4 is 10.1 Å². The van der Waals surface area contributed by atoms with Crippen LogP contribution in [0.15, 0.2) is 41.4 Å². The minimum atomic E-state index is -1.10. The van der Waals surface area contributed by atoms with Crippen LogP contribution in [0.2, 0.25) is 5.02 Å². The van der Waals surface area contributed by atoms with Gasteiger partial charge in [0, 0.05) is 37.7 Å². The summed E-state index contributed by atoms with van der Waals surface area (Å²) in [6.45, 7) is 1.12. The van der Waals surface area contributed by atoms with Crippen molar-refractivity contribution in [1.82, 2.24) is 10.2 Å². The van der Waals surface area contributed by atoms with Crippen molar-refractivity contribution >= 4 is 23.5 Å². The first-order chi connectivity index (χ1) is 15.4.